The monoisotopic (exact) mass is 384 g/mol. The smallest absolute Gasteiger partial charge is 0.255 e. The van der Waals surface area contributed by atoms with E-state index in [4.69, 9.17) is 0 Å². The molecular formula is C20H18F2N4O2. The van der Waals surface area contributed by atoms with Crippen molar-refractivity contribution < 1.29 is 13.6 Å². The molecule has 0 saturated carbocycles. The second-order valence-electron chi connectivity index (χ2n) is 6.29. The minimum absolute atomic E-state index is 0.113. The minimum Gasteiger partial charge on any atom is -0.325 e. The summed E-state index contributed by atoms with van der Waals surface area (Å²) in [4.78, 5) is 29.1. The van der Waals surface area contributed by atoms with Crippen LogP contribution in [0.5, 0.6) is 0 Å². The van der Waals surface area contributed by atoms with E-state index >= 15 is 0 Å². The van der Waals surface area contributed by atoms with Crippen LogP contribution < -0.4 is 16.2 Å². The van der Waals surface area contributed by atoms with E-state index in [2.05, 4.69) is 15.6 Å². The summed E-state index contributed by atoms with van der Waals surface area (Å²) in [6, 6.07) is 11.0. The molecule has 6 nitrogen and oxygen atoms in total. The Hall–Kier alpha value is -3.55. The summed E-state index contributed by atoms with van der Waals surface area (Å²) >= 11 is 0. The van der Waals surface area contributed by atoms with Gasteiger partial charge in [0.15, 0.2) is 0 Å². The first-order chi connectivity index (χ1) is 13.3. The third kappa shape index (κ3) is 4.59. The molecule has 28 heavy (non-hydrogen) atoms. The van der Waals surface area contributed by atoms with Gasteiger partial charge in [0.25, 0.3) is 5.56 Å². The van der Waals surface area contributed by atoms with Crippen LogP contribution in [0.1, 0.15) is 11.3 Å². The first-order valence-corrected chi connectivity index (χ1v) is 8.49. The minimum atomic E-state index is -0.482. The van der Waals surface area contributed by atoms with Gasteiger partial charge < -0.3 is 10.6 Å². The van der Waals surface area contributed by atoms with Gasteiger partial charge in [-0.2, -0.15) is 0 Å². The molecule has 0 aliphatic heterocycles. The molecule has 1 amide bonds. The molecule has 0 aliphatic carbocycles. The number of anilines is 3. The molecule has 2 N–H and O–H groups in total. The lowest BCUT2D eigenvalue weighted by atomic mass is 10.2. The van der Waals surface area contributed by atoms with Crippen molar-refractivity contribution in [3.05, 3.63) is 81.8 Å². The normalized spacial score (nSPS) is 10.6. The van der Waals surface area contributed by atoms with E-state index in [1.54, 1.807) is 19.9 Å². The second kappa shape index (κ2) is 7.99. The number of aromatic nitrogens is 2. The molecule has 0 aliphatic rings. The summed E-state index contributed by atoms with van der Waals surface area (Å²) in [5.41, 5.74) is 1.41. The first-order valence-electron chi connectivity index (χ1n) is 8.49. The summed E-state index contributed by atoms with van der Waals surface area (Å²) in [6.07, 6.45) is 0. The number of nitrogens with zero attached hydrogens (tertiary/aromatic N) is 2. The number of carbonyl (C=O) groups is 1. The zero-order valence-electron chi connectivity index (χ0n) is 15.3. The molecule has 0 fully saturated rings. The second-order valence-corrected chi connectivity index (χ2v) is 6.29. The van der Waals surface area contributed by atoms with E-state index in [0.29, 0.717) is 22.6 Å². The third-order valence-corrected chi connectivity index (χ3v) is 3.98. The number of hydrogen-bond donors (Lipinski definition) is 2. The van der Waals surface area contributed by atoms with Crippen LogP contribution in [0.4, 0.5) is 26.1 Å². The Balaban J connectivity index is 1.86. The molecule has 1 aromatic heterocycles. The topological polar surface area (TPSA) is 76.0 Å². The maximum Gasteiger partial charge on any atom is 0.255 e. The average molecular weight is 384 g/mol. The van der Waals surface area contributed by atoms with E-state index in [0.717, 1.165) is 4.57 Å². The first kappa shape index (κ1) is 19.2. The van der Waals surface area contributed by atoms with Crippen LogP contribution in [0.3, 0.4) is 0 Å². The molecule has 8 heteroatoms. The average Bonchev–Trinajstić information content (AvgIpc) is 2.60. The van der Waals surface area contributed by atoms with E-state index < -0.39 is 23.1 Å². The number of carbonyl (C=O) groups excluding carboxylic acids is 1. The quantitative estimate of drug-likeness (QED) is 0.706. The summed E-state index contributed by atoms with van der Waals surface area (Å²) in [6.45, 7) is 2.99. The summed E-state index contributed by atoms with van der Waals surface area (Å²) in [5, 5.41) is 5.51. The highest BCUT2D eigenvalue weighted by Crippen LogP contribution is 2.17. The van der Waals surface area contributed by atoms with Crippen LogP contribution in [0.2, 0.25) is 0 Å². The van der Waals surface area contributed by atoms with Crippen molar-refractivity contribution in [2.45, 2.75) is 20.4 Å². The molecule has 1 heterocycles. The predicted molar refractivity (Wildman–Crippen MR) is 103 cm³/mol. The van der Waals surface area contributed by atoms with Crippen molar-refractivity contribution in [3.8, 4) is 0 Å². The summed E-state index contributed by atoms with van der Waals surface area (Å²) in [5.74, 6) is -1.22. The SMILES string of the molecule is Cc1cc(=O)n(CC(=O)Nc2ccc(F)cc2C)c(Nc2cccc(F)c2)n1. The highest BCUT2D eigenvalue weighted by atomic mass is 19.1. The largest absolute Gasteiger partial charge is 0.325 e. The molecule has 144 valence electrons. The standard InChI is InChI=1S/C20H18F2N4O2/c1-12-8-15(22)6-7-17(12)25-18(27)11-26-19(28)9-13(2)23-20(26)24-16-5-3-4-14(21)10-16/h3-10H,11H2,1-2H3,(H,23,24)(H,25,27). The van der Waals surface area contributed by atoms with Crippen LogP contribution in [0, 0.1) is 25.5 Å². The van der Waals surface area contributed by atoms with Crippen molar-refractivity contribution in [2.24, 2.45) is 0 Å². The number of benzene rings is 2. The highest BCUT2D eigenvalue weighted by molar-refractivity contribution is 5.91. The van der Waals surface area contributed by atoms with Gasteiger partial charge in [-0.25, -0.2) is 13.8 Å². The molecule has 2 aromatic carbocycles. The molecule has 0 spiro atoms. The molecule has 3 aromatic rings. The summed E-state index contributed by atoms with van der Waals surface area (Å²) in [7, 11) is 0. The Morgan fingerprint density at radius 2 is 1.82 bits per heavy atom. The number of halogens is 2. The van der Waals surface area contributed by atoms with E-state index in [9.17, 15) is 18.4 Å². The van der Waals surface area contributed by atoms with Crippen molar-refractivity contribution in [1.29, 1.82) is 0 Å². The Labute approximate surface area is 159 Å². The van der Waals surface area contributed by atoms with Gasteiger partial charge in [0, 0.05) is 23.1 Å². The van der Waals surface area contributed by atoms with E-state index in [1.165, 1.54) is 42.5 Å². The lowest BCUT2D eigenvalue weighted by Crippen LogP contribution is -2.30. The number of nitrogens with one attached hydrogen (secondary N) is 2. The number of amides is 1. The number of hydrogen-bond acceptors (Lipinski definition) is 4. The third-order valence-electron chi connectivity index (χ3n) is 3.98. The Morgan fingerprint density at radius 1 is 1.07 bits per heavy atom. The van der Waals surface area contributed by atoms with Gasteiger partial charge in [-0.3, -0.25) is 14.2 Å². The van der Waals surface area contributed by atoms with Crippen LogP contribution in [-0.2, 0) is 11.3 Å². The number of rotatable bonds is 5. The summed E-state index contributed by atoms with van der Waals surface area (Å²) < 4.78 is 27.8. The van der Waals surface area contributed by atoms with Crippen LogP contribution >= 0.6 is 0 Å². The Bertz CT molecular complexity index is 1100. The van der Waals surface area contributed by atoms with Crippen molar-refractivity contribution in [1.82, 2.24) is 9.55 Å². The zero-order valence-corrected chi connectivity index (χ0v) is 15.3. The molecule has 0 unspecified atom stereocenters. The van der Waals surface area contributed by atoms with Gasteiger partial charge in [0.1, 0.15) is 18.2 Å². The molecule has 0 radical (unpaired) electrons. The van der Waals surface area contributed by atoms with Gasteiger partial charge in [-0.15, -0.1) is 0 Å². The van der Waals surface area contributed by atoms with Crippen LogP contribution in [0.25, 0.3) is 0 Å². The van der Waals surface area contributed by atoms with Gasteiger partial charge in [0.05, 0.1) is 0 Å². The van der Waals surface area contributed by atoms with Gasteiger partial charge in [-0.05, 0) is 55.8 Å². The highest BCUT2D eigenvalue weighted by Gasteiger charge is 2.13. The molecule has 0 saturated heterocycles. The molecule has 3 rings (SSSR count). The van der Waals surface area contributed by atoms with Crippen molar-refractivity contribution >= 4 is 23.2 Å². The van der Waals surface area contributed by atoms with Gasteiger partial charge in [-0.1, -0.05) is 6.07 Å². The lowest BCUT2D eigenvalue weighted by Gasteiger charge is -2.15. The van der Waals surface area contributed by atoms with Crippen LogP contribution in [-0.4, -0.2) is 15.5 Å². The predicted octanol–water partition coefficient (Wildman–Crippen LogP) is 3.52. The maximum absolute atomic E-state index is 13.4. The Morgan fingerprint density at radius 3 is 2.54 bits per heavy atom. The Kier molecular flexibility index (Phi) is 5.49. The van der Waals surface area contributed by atoms with E-state index in [-0.39, 0.29) is 12.5 Å². The lowest BCUT2D eigenvalue weighted by molar-refractivity contribution is -0.116. The molecule has 0 atom stereocenters. The fourth-order valence-corrected chi connectivity index (χ4v) is 2.66. The number of aryl methyl sites for hydroxylation is 2. The van der Waals surface area contributed by atoms with E-state index in [1.807, 2.05) is 0 Å². The van der Waals surface area contributed by atoms with Gasteiger partial charge in [0.2, 0.25) is 11.9 Å². The fourth-order valence-electron chi connectivity index (χ4n) is 2.66. The molecule has 0 bridgehead atoms. The van der Waals surface area contributed by atoms with Crippen molar-refractivity contribution in [2.75, 3.05) is 10.6 Å². The zero-order chi connectivity index (χ0) is 20.3. The van der Waals surface area contributed by atoms with Gasteiger partial charge >= 0.3 is 0 Å². The van der Waals surface area contributed by atoms with Crippen LogP contribution in [0.15, 0.2) is 53.3 Å². The molecular weight excluding hydrogens is 366 g/mol. The fraction of sp³-hybridized carbons (Fsp3) is 0.150. The van der Waals surface area contributed by atoms with Crippen molar-refractivity contribution in [3.63, 3.8) is 0 Å². The maximum atomic E-state index is 13.4.